The van der Waals surface area contributed by atoms with Crippen molar-refractivity contribution in [1.82, 2.24) is 15.2 Å². The van der Waals surface area contributed by atoms with E-state index in [0.29, 0.717) is 11.3 Å². The summed E-state index contributed by atoms with van der Waals surface area (Å²) in [6.45, 7) is -0.526. The Kier molecular flexibility index (Phi) is 1.31. The molecule has 2 aromatic rings. The second kappa shape index (κ2) is 2.30. The first kappa shape index (κ1) is 6.27. The van der Waals surface area contributed by atoms with Crippen molar-refractivity contribution in [3.05, 3.63) is 24.0 Å². The second-order valence-electron chi connectivity index (χ2n) is 2.21. The van der Waals surface area contributed by atoms with Gasteiger partial charge in [-0.05, 0) is 12.1 Å². The fourth-order valence-corrected chi connectivity index (χ4v) is 1.00. The molecule has 0 unspecified atom stereocenters. The molecule has 0 saturated carbocycles. The summed E-state index contributed by atoms with van der Waals surface area (Å²) in [5, 5.41) is 7.15. The van der Waals surface area contributed by atoms with Gasteiger partial charge in [-0.15, -0.1) is 0 Å². The highest BCUT2D eigenvalue weighted by Crippen LogP contribution is 2.12. The monoisotopic (exact) mass is 151 g/mol. The van der Waals surface area contributed by atoms with E-state index in [9.17, 15) is 4.39 Å². The van der Waals surface area contributed by atoms with Gasteiger partial charge in [-0.3, -0.25) is 5.10 Å². The molecular formula is C7H6FN3. The standard InChI is InChI=1S/C7H6FN3/c8-4-6-5-2-1-3-9-7(5)11-10-6/h1-3H,4H2,(H,9,10,11). The second-order valence-corrected chi connectivity index (χ2v) is 2.21. The van der Waals surface area contributed by atoms with Gasteiger partial charge in [0.15, 0.2) is 5.65 Å². The Morgan fingerprint density at radius 1 is 1.55 bits per heavy atom. The van der Waals surface area contributed by atoms with Crippen LogP contribution in [0.2, 0.25) is 0 Å². The summed E-state index contributed by atoms with van der Waals surface area (Å²) >= 11 is 0. The maximum absolute atomic E-state index is 12.2. The molecule has 0 saturated heterocycles. The van der Waals surface area contributed by atoms with Crippen molar-refractivity contribution in [1.29, 1.82) is 0 Å². The van der Waals surface area contributed by atoms with Gasteiger partial charge < -0.3 is 0 Å². The molecule has 0 aliphatic rings. The molecule has 3 nitrogen and oxygen atoms in total. The lowest BCUT2D eigenvalue weighted by Gasteiger charge is -1.86. The van der Waals surface area contributed by atoms with Gasteiger partial charge in [0.2, 0.25) is 0 Å². The lowest BCUT2D eigenvalue weighted by atomic mass is 10.3. The Morgan fingerprint density at radius 2 is 2.45 bits per heavy atom. The number of H-pyrrole nitrogens is 1. The number of hydrogen-bond acceptors (Lipinski definition) is 2. The van der Waals surface area contributed by atoms with Crippen LogP contribution in [0.25, 0.3) is 11.0 Å². The summed E-state index contributed by atoms with van der Waals surface area (Å²) < 4.78 is 12.2. The predicted molar refractivity (Wildman–Crippen MR) is 38.7 cm³/mol. The van der Waals surface area contributed by atoms with Gasteiger partial charge >= 0.3 is 0 Å². The molecule has 1 N–H and O–H groups in total. The Hall–Kier alpha value is -1.45. The molecule has 2 rings (SSSR count). The first-order chi connectivity index (χ1) is 5.42. The third-order valence-corrected chi connectivity index (χ3v) is 1.54. The normalized spacial score (nSPS) is 10.6. The number of pyridine rings is 1. The Balaban J connectivity index is 2.76. The molecule has 0 atom stereocenters. The van der Waals surface area contributed by atoms with E-state index in [-0.39, 0.29) is 0 Å². The maximum atomic E-state index is 12.2. The van der Waals surface area contributed by atoms with E-state index < -0.39 is 6.67 Å². The van der Waals surface area contributed by atoms with E-state index in [1.807, 2.05) is 0 Å². The molecule has 0 fully saturated rings. The molecule has 0 spiro atoms. The molecule has 2 heterocycles. The molecule has 0 aliphatic carbocycles. The van der Waals surface area contributed by atoms with Gasteiger partial charge in [0, 0.05) is 11.6 Å². The van der Waals surface area contributed by atoms with Crippen molar-refractivity contribution >= 4 is 11.0 Å². The third-order valence-electron chi connectivity index (χ3n) is 1.54. The van der Waals surface area contributed by atoms with Crippen molar-refractivity contribution in [3.8, 4) is 0 Å². The Labute approximate surface area is 62.3 Å². The van der Waals surface area contributed by atoms with E-state index in [1.54, 1.807) is 18.3 Å². The average Bonchev–Trinajstić information content (AvgIpc) is 2.47. The quantitative estimate of drug-likeness (QED) is 0.669. The van der Waals surface area contributed by atoms with Crippen molar-refractivity contribution in [2.24, 2.45) is 0 Å². The van der Waals surface area contributed by atoms with Gasteiger partial charge in [0.1, 0.15) is 6.67 Å². The highest BCUT2D eigenvalue weighted by Gasteiger charge is 2.02. The zero-order chi connectivity index (χ0) is 7.68. The molecule has 0 amide bonds. The first-order valence-corrected chi connectivity index (χ1v) is 3.26. The van der Waals surface area contributed by atoms with Crippen LogP contribution in [0.3, 0.4) is 0 Å². The molecule has 0 bridgehead atoms. The molecule has 4 heteroatoms. The Bertz CT molecular complexity index is 368. The van der Waals surface area contributed by atoms with Crippen LogP contribution in [0.5, 0.6) is 0 Å². The number of fused-ring (bicyclic) bond motifs is 1. The summed E-state index contributed by atoms with van der Waals surface area (Å²) in [5.41, 5.74) is 1.06. The Morgan fingerprint density at radius 3 is 3.27 bits per heavy atom. The number of nitrogens with zero attached hydrogens (tertiary/aromatic N) is 2. The van der Waals surface area contributed by atoms with Crippen LogP contribution >= 0.6 is 0 Å². The van der Waals surface area contributed by atoms with Crippen LogP contribution in [-0.2, 0) is 6.67 Å². The van der Waals surface area contributed by atoms with Gasteiger partial charge in [-0.25, -0.2) is 9.37 Å². The number of halogens is 1. The van der Waals surface area contributed by atoms with Crippen molar-refractivity contribution in [2.45, 2.75) is 6.67 Å². The first-order valence-electron chi connectivity index (χ1n) is 3.26. The van der Waals surface area contributed by atoms with Crippen LogP contribution < -0.4 is 0 Å². The summed E-state index contributed by atoms with van der Waals surface area (Å²) in [7, 11) is 0. The van der Waals surface area contributed by atoms with Gasteiger partial charge in [0.25, 0.3) is 0 Å². The van der Waals surface area contributed by atoms with Crippen LogP contribution in [-0.4, -0.2) is 15.2 Å². The molecular weight excluding hydrogens is 145 g/mol. The van der Waals surface area contributed by atoms with E-state index in [2.05, 4.69) is 15.2 Å². The number of nitrogens with one attached hydrogen (secondary N) is 1. The third kappa shape index (κ3) is 0.869. The summed E-state index contributed by atoms with van der Waals surface area (Å²) in [5.74, 6) is 0. The van der Waals surface area contributed by atoms with Gasteiger partial charge in [-0.2, -0.15) is 5.10 Å². The molecule has 11 heavy (non-hydrogen) atoms. The topological polar surface area (TPSA) is 41.6 Å². The van der Waals surface area contributed by atoms with Crippen molar-refractivity contribution in [3.63, 3.8) is 0 Å². The largest absolute Gasteiger partial charge is 0.277 e. The lowest BCUT2D eigenvalue weighted by molar-refractivity contribution is 0.477. The molecule has 0 aliphatic heterocycles. The molecule has 0 aromatic carbocycles. The predicted octanol–water partition coefficient (Wildman–Crippen LogP) is 1.43. The lowest BCUT2D eigenvalue weighted by Crippen LogP contribution is -1.77. The van der Waals surface area contributed by atoms with E-state index in [1.165, 1.54) is 0 Å². The number of aromatic amines is 1. The van der Waals surface area contributed by atoms with E-state index >= 15 is 0 Å². The van der Waals surface area contributed by atoms with Crippen molar-refractivity contribution in [2.75, 3.05) is 0 Å². The fourth-order valence-electron chi connectivity index (χ4n) is 1.00. The minimum atomic E-state index is -0.526. The van der Waals surface area contributed by atoms with E-state index in [0.717, 1.165) is 5.39 Å². The fraction of sp³-hybridized carbons (Fsp3) is 0.143. The smallest absolute Gasteiger partial charge is 0.181 e. The van der Waals surface area contributed by atoms with Crippen LogP contribution in [0.1, 0.15) is 5.69 Å². The van der Waals surface area contributed by atoms with Crippen LogP contribution in [0, 0.1) is 0 Å². The maximum Gasteiger partial charge on any atom is 0.181 e. The zero-order valence-electron chi connectivity index (χ0n) is 5.71. The molecule has 2 aromatic heterocycles. The van der Waals surface area contributed by atoms with Crippen LogP contribution in [0.4, 0.5) is 4.39 Å². The summed E-state index contributed by atoms with van der Waals surface area (Å²) in [6.07, 6.45) is 1.63. The van der Waals surface area contributed by atoms with Crippen molar-refractivity contribution < 1.29 is 4.39 Å². The highest BCUT2D eigenvalue weighted by molar-refractivity contribution is 5.76. The van der Waals surface area contributed by atoms with Gasteiger partial charge in [-0.1, -0.05) is 0 Å². The summed E-state index contributed by atoms with van der Waals surface area (Å²) in [4.78, 5) is 3.94. The minimum Gasteiger partial charge on any atom is -0.277 e. The summed E-state index contributed by atoms with van der Waals surface area (Å²) in [6, 6.07) is 3.55. The van der Waals surface area contributed by atoms with Crippen LogP contribution in [0.15, 0.2) is 18.3 Å². The number of alkyl halides is 1. The molecule has 0 radical (unpaired) electrons. The average molecular weight is 151 g/mol. The number of hydrogen-bond donors (Lipinski definition) is 1. The van der Waals surface area contributed by atoms with E-state index in [4.69, 9.17) is 0 Å². The number of aromatic nitrogens is 3. The SMILES string of the molecule is FCc1[nH]nc2ncccc12. The zero-order valence-corrected chi connectivity index (χ0v) is 5.71. The van der Waals surface area contributed by atoms with Gasteiger partial charge in [0.05, 0.1) is 5.69 Å². The highest BCUT2D eigenvalue weighted by atomic mass is 19.1. The number of rotatable bonds is 1. The minimum absolute atomic E-state index is 0.494. The molecule has 56 valence electrons.